The molecular weight excluding hydrogens is 276 g/mol. The van der Waals surface area contributed by atoms with Gasteiger partial charge < -0.3 is 0 Å². The second-order valence-electron chi connectivity index (χ2n) is 4.71. The molecular formula is C13H10N4O2S. The Morgan fingerprint density at radius 3 is 3.00 bits per heavy atom. The Hall–Kier alpha value is -2.28. The molecule has 1 aromatic rings. The van der Waals surface area contributed by atoms with Gasteiger partial charge in [-0.05, 0) is 6.07 Å². The fourth-order valence-electron chi connectivity index (χ4n) is 2.84. The van der Waals surface area contributed by atoms with Crippen molar-refractivity contribution in [1.29, 1.82) is 0 Å². The zero-order chi connectivity index (χ0) is 13.7. The first-order valence-corrected chi connectivity index (χ1v) is 7.30. The minimum absolute atomic E-state index is 0.246. The predicted octanol–water partition coefficient (Wildman–Crippen LogP) is 0.480. The number of carbonyl (C=O) groups is 1. The molecule has 0 aromatic heterocycles. The quantitative estimate of drug-likeness (QED) is 0.727. The number of nitrogens with zero attached hydrogens (tertiary/aromatic N) is 2. The molecule has 3 unspecified atom stereocenters. The van der Waals surface area contributed by atoms with Crippen LogP contribution in [0.2, 0.25) is 0 Å². The lowest BCUT2D eigenvalue weighted by atomic mass is 9.85. The Bertz CT molecular complexity index is 740. The van der Waals surface area contributed by atoms with E-state index in [-0.39, 0.29) is 5.91 Å². The van der Waals surface area contributed by atoms with E-state index in [1.807, 2.05) is 24.3 Å². The summed E-state index contributed by atoms with van der Waals surface area (Å²) in [4.78, 5) is 20.7. The zero-order valence-corrected chi connectivity index (χ0v) is 11.1. The van der Waals surface area contributed by atoms with Crippen LogP contribution >= 0.6 is 0 Å². The zero-order valence-electron chi connectivity index (χ0n) is 10.2. The van der Waals surface area contributed by atoms with Gasteiger partial charge in [0.15, 0.2) is 0 Å². The van der Waals surface area contributed by atoms with Gasteiger partial charge in [0.1, 0.15) is 16.5 Å². The summed E-state index contributed by atoms with van der Waals surface area (Å²) in [6, 6.07) is 7.44. The van der Waals surface area contributed by atoms with E-state index in [9.17, 15) is 9.00 Å². The van der Waals surface area contributed by atoms with E-state index in [2.05, 4.69) is 20.8 Å². The average molecular weight is 286 g/mol. The number of aliphatic imine (C=N–C) groups is 2. The normalized spacial score (nSPS) is 33.2. The fraction of sp³-hybridized carbons (Fsp3) is 0.154. The number of para-hydroxylation sites is 1. The van der Waals surface area contributed by atoms with Crippen LogP contribution in [0.25, 0.3) is 0 Å². The van der Waals surface area contributed by atoms with Crippen LogP contribution in [0.1, 0.15) is 5.56 Å². The van der Waals surface area contributed by atoms with Crippen molar-refractivity contribution >= 4 is 34.4 Å². The summed E-state index contributed by atoms with van der Waals surface area (Å²) < 4.78 is 11.8. The first-order chi connectivity index (χ1) is 9.73. The SMILES string of the molecule is O=C1NNC2=NC=CS(=O)C3(C=Nc4ccccc43)C12. The molecule has 100 valence electrons. The number of hydrogen-bond acceptors (Lipinski definition) is 5. The summed E-state index contributed by atoms with van der Waals surface area (Å²) in [6.45, 7) is 0. The number of carbonyl (C=O) groups excluding carboxylic acids is 1. The maximum absolute atomic E-state index is 12.7. The number of amides is 1. The Kier molecular flexibility index (Phi) is 2.23. The van der Waals surface area contributed by atoms with Gasteiger partial charge in [-0.2, -0.15) is 0 Å². The predicted molar refractivity (Wildman–Crippen MR) is 75.8 cm³/mol. The number of nitrogens with one attached hydrogen (secondary N) is 2. The number of amidine groups is 1. The minimum Gasteiger partial charge on any atom is -0.285 e. The van der Waals surface area contributed by atoms with Gasteiger partial charge in [0.25, 0.3) is 5.91 Å². The van der Waals surface area contributed by atoms with E-state index >= 15 is 0 Å². The van der Waals surface area contributed by atoms with E-state index < -0.39 is 21.5 Å². The van der Waals surface area contributed by atoms with Gasteiger partial charge in [-0.1, -0.05) is 18.2 Å². The molecule has 0 bridgehead atoms. The third-order valence-corrected chi connectivity index (χ3v) is 5.33. The van der Waals surface area contributed by atoms with Crippen LogP contribution in [0, 0.1) is 5.92 Å². The smallest absolute Gasteiger partial charge is 0.251 e. The third-order valence-electron chi connectivity index (χ3n) is 3.73. The monoisotopic (exact) mass is 286 g/mol. The lowest BCUT2D eigenvalue weighted by Crippen LogP contribution is -2.45. The van der Waals surface area contributed by atoms with Gasteiger partial charge in [-0.3, -0.25) is 24.8 Å². The van der Waals surface area contributed by atoms with E-state index in [0.717, 1.165) is 11.3 Å². The van der Waals surface area contributed by atoms with Gasteiger partial charge in [0.05, 0.1) is 16.5 Å². The summed E-state index contributed by atoms with van der Waals surface area (Å²) in [5.41, 5.74) is 6.83. The van der Waals surface area contributed by atoms with Crippen molar-refractivity contribution in [2.75, 3.05) is 0 Å². The van der Waals surface area contributed by atoms with Crippen molar-refractivity contribution in [1.82, 2.24) is 10.9 Å². The van der Waals surface area contributed by atoms with Crippen molar-refractivity contribution in [2.45, 2.75) is 4.75 Å². The Labute approximate surface area is 117 Å². The summed E-state index contributed by atoms with van der Waals surface area (Å²) in [7, 11) is -1.43. The molecule has 4 rings (SSSR count). The van der Waals surface area contributed by atoms with Crippen LogP contribution in [0.3, 0.4) is 0 Å². The van der Waals surface area contributed by atoms with Crippen molar-refractivity contribution in [3.63, 3.8) is 0 Å². The summed E-state index contributed by atoms with van der Waals surface area (Å²) >= 11 is 0. The highest BCUT2D eigenvalue weighted by Gasteiger charge is 2.56. The Morgan fingerprint density at radius 1 is 1.25 bits per heavy atom. The molecule has 1 saturated heterocycles. The molecule has 3 aliphatic heterocycles. The highest BCUT2D eigenvalue weighted by molar-refractivity contribution is 7.89. The summed E-state index contributed by atoms with van der Waals surface area (Å²) in [5.74, 6) is -0.435. The molecule has 0 saturated carbocycles. The molecule has 0 radical (unpaired) electrons. The van der Waals surface area contributed by atoms with Gasteiger partial charge >= 0.3 is 0 Å². The van der Waals surface area contributed by atoms with Crippen LogP contribution in [-0.4, -0.2) is 22.2 Å². The van der Waals surface area contributed by atoms with E-state index in [1.54, 1.807) is 6.21 Å². The maximum Gasteiger partial charge on any atom is 0.251 e. The third kappa shape index (κ3) is 1.27. The summed E-state index contributed by atoms with van der Waals surface area (Å²) in [5, 5.41) is 1.51. The van der Waals surface area contributed by atoms with Gasteiger partial charge in [-0.25, -0.2) is 4.99 Å². The minimum atomic E-state index is -1.43. The Morgan fingerprint density at radius 2 is 2.10 bits per heavy atom. The van der Waals surface area contributed by atoms with Gasteiger partial charge in [-0.15, -0.1) is 0 Å². The second kappa shape index (κ2) is 3.86. The van der Waals surface area contributed by atoms with Crippen LogP contribution in [0.15, 0.2) is 45.9 Å². The molecule has 1 fully saturated rings. The van der Waals surface area contributed by atoms with E-state index in [1.165, 1.54) is 11.6 Å². The average Bonchev–Trinajstić information content (AvgIpc) is 2.96. The molecule has 6 nitrogen and oxygen atoms in total. The van der Waals surface area contributed by atoms with Crippen molar-refractivity contribution in [3.8, 4) is 0 Å². The van der Waals surface area contributed by atoms with Gasteiger partial charge in [0.2, 0.25) is 0 Å². The molecule has 3 atom stereocenters. The number of fused-ring (bicyclic) bond motifs is 4. The fourth-order valence-corrected chi connectivity index (χ4v) is 4.23. The van der Waals surface area contributed by atoms with E-state index in [4.69, 9.17) is 0 Å². The van der Waals surface area contributed by atoms with Crippen molar-refractivity contribution in [3.05, 3.63) is 41.4 Å². The lowest BCUT2D eigenvalue weighted by Gasteiger charge is -2.28. The van der Waals surface area contributed by atoms with Crippen LogP contribution in [0.5, 0.6) is 0 Å². The molecule has 3 heterocycles. The van der Waals surface area contributed by atoms with Crippen molar-refractivity contribution in [2.24, 2.45) is 15.9 Å². The lowest BCUT2D eigenvalue weighted by molar-refractivity contribution is -0.122. The number of hydrogen-bond donors (Lipinski definition) is 2. The number of benzene rings is 1. The number of rotatable bonds is 0. The highest BCUT2D eigenvalue weighted by atomic mass is 32.2. The molecule has 20 heavy (non-hydrogen) atoms. The molecule has 2 N–H and O–H groups in total. The molecule has 1 spiro atoms. The van der Waals surface area contributed by atoms with Crippen LogP contribution in [-0.2, 0) is 20.3 Å². The molecule has 1 aromatic carbocycles. The van der Waals surface area contributed by atoms with Crippen LogP contribution < -0.4 is 10.9 Å². The standard InChI is InChI=1S/C13H10N4O2S/c18-12-10-11(16-17-12)14-5-6-20(19)13(10)7-15-9-4-2-1-3-8(9)13/h1-7,10H,(H,14,16)(H,17,18). The summed E-state index contributed by atoms with van der Waals surface area (Å²) in [6.07, 6.45) is 3.09. The van der Waals surface area contributed by atoms with E-state index in [0.29, 0.717) is 5.84 Å². The van der Waals surface area contributed by atoms with Crippen LogP contribution in [0.4, 0.5) is 5.69 Å². The molecule has 0 aliphatic carbocycles. The Balaban J connectivity index is 2.02. The molecule has 1 amide bonds. The first-order valence-electron chi connectivity index (χ1n) is 6.09. The largest absolute Gasteiger partial charge is 0.285 e. The maximum atomic E-state index is 12.7. The first kappa shape index (κ1) is 11.5. The highest BCUT2D eigenvalue weighted by Crippen LogP contribution is 2.46. The van der Waals surface area contributed by atoms with Crippen molar-refractivity contribution < 1.29 is 9.00 Å². The number of hydrazine groups is 1. The van der Waals surface area contributed by atoms with Gasteiger partial charge in [0, 0.05) is 23.4 Å². The molecule has 7 heteroatoms. The molecule has 3 aliphatic rings. The second-order valence-corrected chi connectivity index (χ2v) is 6.26. The topological polar surface area (TPSA) is 82.9 Å².